The highest BCUT2D eigenvalue weighted by Gasteiger charge is 2.21. The van der Waals surface area contributed by atoms with Crippen LogP contribution in [0.4, 0.5) is 0 Å². The van der Waals surface area contributed by atoms with Crippen LogP contribution in [0, 0.1) is 0 Å². The van der Waals surface area contributed by atoms with Crippen LogP contribution in [0.15, 0.2) is 24.3 Å². The van der Waals surface area contributed by atoms with Crippen LogP contribution in [0.1, 0.15) is 31.0 Å². The van der Waals surface area contributed by atoms with Crippen LogP contribution in [0.2, 0.25) is 0 Å². The summed E-state index contributed by atoms with van der Waals surface area (Å²) in [5.41, 5.74) is 6.56. The zero-order valence-electron chi connectivity index (χ0n) is 9.47. The summed E-state index contributed by atoms with van der Waals surface area (Å²) in [4.78, 5) is 10.8. The van der Waals surface area contributed by atoms with E-state index in [2.05, 4.69) is 0 Å². The summed E-state index contributed by atoms with van der Waals surface area (Å²) in [7, 11) is 0. The number of aliphatic hydroxyl groups excluding tert-OH is 1. The molecule has 4 N–H and O–H groups in total. The lowest BCUT2D eigenvalue weighted by Crippen LogP contribution is -2.24. The lowest BCUT2D eigenvalue weighted by Gasteiger charge is -2.23. The summed E-state index contributed by atoms with van der Waals surface area (Å²) in [5.74, 6) is -1.06. The van der Waals surface area contributed by atoms with Gasteiger partial charge in [-0.05, 0) is 11.1 Å². The fourth-order valence-corrected chi connectivity index (χ4v) is 1.39. The van der Waals surface area contributed by atoms with E-state index in [4.69, 9.17) is 10.8 Å². The molecular formula is C12H17NO3. The molecule has 0 bridgehead atoms. The van der Waals surface area contributed by atoms with Crippen molar-refractivity contribution < 1.29 is 15.0 Å². The summed E-state index contributed by atoms with van der Waals surface area (Å²) in [6.45, 7) is 3.77. The first-order valence-corrected chi connectivity index (χ1v) is 5.08. The molecule has 1 aromatic carbocycles. The van der Waals surface area contributed by atoms with Crippen LogP contribution in [-0.4, -0.2) is 22.8 Å². The molecule has 0 aliphatic heterocycles. The maximum absolute atomic E-state index is 10.8. The monoisotopic (exact) mass is 223 g/mol. The molecule has 0 aromatic heterocycles. The smallest absolute Gasteiger partial charge is 0.325 e. The molecule has 4 nitrogen and oxygen atoms in total. The van der Waals surface area contributed by atoms with Crippen molar-refractivity contribution in [3.63, 3.8) is 0 Å². The molecule has 1 unspecified atom stereocenters. The number of benzene rings is 1. The van der Waals surface area contributed by atoms with Crippen LogP contribution >= 0.6 is 0 Å². The van der Waals surface area contributed by atoms with Crippen molar-refractivity contribution in [2.45, 2.75) is 25.3 Å². The molecule has 0 radical (unpaired) electrons. The molecule has 0 aliphatic rings. The van der Waals surface area contributed by atoms with Gasteiger partial charge in [-0.3, -0.25) is 4.79 Å². The predicted molar refractivity (Wildman–Crippen MR) is 61.1 cm³/mol. The molecule has 0 fully saturated rings. The molecule has 1 atom stereocenters. The average Bonchev–Trinajstić information content (AvgIpc) is 2.28. The Bertz CT molecular complexity index is 388. The van der Waals surface area contributed by atoms with Gasteiger partial charge in [0.1, 0.15) is 6.04 Å². The Morgan fingerprint density at radius 1 is 1.50 bits per heavy atom. The summed E-state index contributed by atoms with van der Waals surface area (Å²) in [6.07, 6.45) is 0. The van der Waals surface area contributed by atoms with Gasteiger partial charge in [-0.15, -0.1) is 0 Å². The number of hydrogen-bond acceptors (Lipinski definition) is 3. The minimum absolute atomic E-state index is 0.00123. The molecular weight excluding hydrogens is 206 g/mol. The highest BCUT2D eigenvalue weighted by Crippen LogP contribution is 2.24. The summed E-state index contributed by atoms with van der Waals surface area (Å²) < 4.78 is 0. The van der Waals surface area contributed by atoms with Gasteiger partial charge >= 0.3 is 5.97 Å². The number of carbonyl (C=O) groups is 1. The second-order valence-electron chi connectivity index (χ2n) is 4.48. The van der Waals surface area contributed by atoms with Gasteiger partial charge in [0.15, 0.2) is 0 Å². The van der Waals surface area contributed by atoms with E-state index in [0.717, 1.165) is 5.56 Å². The van der Waals surface area contributed by atoms with Gasteiger partial charge in [0.25, 0.3) is 0 Å². The second kappa shape index (κ2) is 4.63. The molecule has 16 heavy (non-hydrogen) atoms. The number of aliphatic carboxylic acids is 1. The fraction of sp³-hybridized carbons (Fsp3) is 0.417. The predicted octanol–water partition coefficient (Wildman–Crippen LogP) is 1.04. The number of rotatable bonds is 4. The van der Waals surface area contributed by atoms with Gasteiger partial charge in [0.05, 0.1) is 6.61 Å². The second-order valence-corrected chi connectivity index (χ2v) is 4.48. The van der Waals surface area contributed by atoms with E-state index in [1.807, 2.05) is 19.9 Å². The third kappa shape index (κ3) is 2.59. The average molecular weight is 223 g/mol. The number of nitrogens with two attached hydrogens (primary N) is 1. The number of hydrogen-bond donors (Lipinski definition) is 3. The van der Waals surface area contributed by atoms with Crippen LogP contribution in [0.25, 0.3) is 0 Å². The highest BCUT2D eigenvalue weighted by molar-refractivity contribution is 5.75. The summed E-state index contributed by atoms with van der Waals surface area (Å²) in [6, 6.07) is 6.00. The van der Waals surface area contributed by atoms with Crippen LogP contribution < -0.4 is 5.73 Å². The van der Waals surface area contributed by atoms with Crippen LogP contribution in [0.3, 0.4) is 0 Å². The van der Waals surface area contributed by atoms with Crippen molar-refractivity contribution in [2.24, 2.45) is 5.73 Å². The molecule has 88 valence electrons. The molecule has 1 rings (SSSR count). The van der Waals surface area contributed by atoms with Crippen molar-refractivity contribution in [3.05, 3.63) is 35.4 Å². The summed E-state index contributed by atoms with van der Waals surface area (Å²) in [5, 5.41) is 18.1. The third-order valence-electron chi connectivity index (χ3n) is 2.69. The van der Waals surface area contributed by atoms with E-state index < -0.39 is 17.4 Å². The molecule has 0 saturated heterocycles. The Labute approximate surface area is 94.7 Å². The van der Waals surface area contributed by atoms with Crippen molar-refractivity contribution in [1.29, 1.82) is 0 Å². The molecule has 0 saturated carbocycles. The van der Waals surface area contributed by atoms with Gasteiger partial charge in [-0.25, -0.2) is 0 Å². The van der Waals surface area contributed by atoms with Crippen LogP contribution in [-0.2, 0) is 10.2 Å². The lowest BCUT2D eigenvalue weighted by atomic mass is 9.84. The number of aliphatic hydroxyl groups is 1. The van der Waals surface area contributed by atoms with E-state index in [-0.39, 0.29) is 6.61 Å². The quantitative estimate of drug-likeness (QED) is 0.712. The van der Waals surface area contributed by atoms with E-state index in [1.54, 1.807) is 18.2 Å². The van der Waals surface area contributed by atoms with E-state index >= 15 is 0 Å². The first-order chi connectivity index (χ1) is 7.38. The van der Waals surface area contributed by atoms with Gasteiger partial charge in [-0.2, -0.15) is 0 Å². The Kier molecular flexibility index (Phi) is 3.67. The highest BCUT2D eigenvalue weighted by atomic mass is 16.4. The van der Waals surface area contributed by atoms with Gasteiger partial charge < -0.3 is 15.9 Å². The molecule has 4 heteroatoms. The molecule has 0 aliphatic carbocycles. The third-order valence-corrected chi connectivity index (χ3v) is 2.69. The molecule has 0 spiro atoms. The fourth-order valence-electron chi connectivity index (χ4n) is 1.39. The van der Waals surface area contributed by atoms with E-state index in [0.29, 0.717) is 5.56 Å². The Morgan fingerprint density at radius 3 is 2.62 bits per heavy atom. The Balaban J connectivity index is 3.09. The SMILES string of the molecule is CC(C)(CO)c1cccc(C(N)C(=O)O)c1. The van der Waals surface area contributed by atoms with Crippen molar-refractivity contribution in [2.75, 3.05) is 6.61 Å². The Morgan fingerprint density at radius 2 is 2.12 bits per heavy atom. The number of carboxylic acids is 1. The Hall–Kier alpha value is -1.39. The first kappa shape index (κ1) is 12.7. The van der Waals surface area contributed by atoms with Gasteiger partial charge in [0, 0.05) is 5.41 Å². The zero-order chi connectivity index (χ0) is 12.3. The standard InChI is InChI=1S/C12H17NO3/c1-12(2,7-14)9-5-3-4-8(6-9)10(13)11(15)16/h3-6,10,14H,7,13H2,1-2H3,(H,15,16). The summed E-state index contributed by atoms with van der Waals surface area (Å²) >= 11 is 0. The minimum atomic E-state index is -1.06. The maximum atomic E-state index is 10.8. The van der Waals surface area contributed by atoms with Gasteiger partial charge in [-0.1, -0.05) is 38.1 Å². The van der Waals surface area contributed by atoms with Crippen molar-refractivity contribution in [3.8, 4) is 0 Å². The van der Waals surface area contributed by atoms with Crippen LogP contribution in [0.5, 0.6) is 0 Å². The van der Waals surface area contributed by atoms with E-state index in [9.17, 15) is 9.90 Å². The molecule has 0 amide bonds. The molecule has 0 heterocycles. The number of carboxylic acid groups (broad SMARTS) is 1. The van der Waals surface area contributed by atoms with Gasteiger partial charge in [0.2, 0.25) is 0 Å². The van der Waals surface area contributed by atoms with E-state index in [1.165, 1.54) is 0 Å². The largest absolute Gasteiger partial charge is 0.480 e. The maximum Gasteiger partial charge on any atom is 0.325 e. The van der Waals surface area contributed by atoms with Crippen molar-refractivity contribution in [1.82, 2.24) is 0 Å². The molecule has 1 aromatic rings. The van der Waals surface area contributed by atoms with Crippen molar-refractivity contribution >= 4 is 5.97 Å². The lowest BCUT2D eigenvalue weighted by molar-refractivity contribution is -0.138. The topological polar surface area (TPSA) is 83.5 Å². The zero-order valence-corrected chi connectivity index (χ0v) is 9.47. The normalized spacial score (nSPS) is 13.5. The minimum Gasteiger partial charge on any atom is -0.480 e. The first-order valence-electron chi connectivity index (χ1n) is 5.08.